The van der Waals surface area contributed by atoms with E-state index in [1.807, 2.05) is 15.9 Å². The van der Waals surface area contributed by atoms with Crippen LogP contribution in [0.2, 0.25) is 0 Å². The summed E-state index contributed by atoms with van der Waals surface area (Å²) in [6, 6.07) is 8.19. The highest BCUT2D eigenvalue weighted by molar-refractivity contribution is 5.79. The summed E-state index contributed by atoms with van der Waals surface area (Å²) in [5.74, 6) is 0.230. The second kappa shape index (κ2) is 8.60. The quantitative estimate of drug-likeness (QED) is 0.839. The van der Waals surface area contributed by atoms with E-state index in [1.54, 1.807) is 6.20 Å². The van der Waals surface area contributed by atoms with Crippen LogP contribution in [0.15, 0.2) is 30.5 Å². The van der Waals surface area contributed by atoms with Crippen LogP contribution in [0.1, 0.15) is 41.6 Å². The highest BCUT2D eigenvalue weighted by Gasteiger charge is 2.41. The van der Waals surface area contributed by atoms with Gasteiger partial charge in [-0.05, 0) is 49.4 Å². The Kier molecular flexibility index (Phi) is 5.90. The van der Waals surface area contributed by atoms with E-state index in [0.29, 0.717) is 58.5 Å². The second-order valence-corrected chi connectivity index (χ2v) is 8.58. The van der Waals surface area contributed by atoms with Gasteiger partial charge in [-0.15, -0.1) is 0 Å². The van der Waals surface area contributed by atoms with Crippen molar-refractivity contribution < 1.29 is 14.3 Å². The number of aromatic nitrogens is 2. The van der Waals surface area contributed by atoms with Crippen LogP contribution in [-0.4, -0.2) is 63.7 Å². The molecule has 1 aromatic carbocycles. The molecule has 2 aliphatic rings. The average Bonchev–Trinajstić information content (AvgIpc) is 3.18. The van der Waals surface area contributed by atoms with Crippen molar-refractivity contribution in [2.24, 2.45) is 0 Å². The van der Waals surface area contributed by atoms with Gasteiger partial charge in [0.05, 0.1) is 25.0 Å². The molecule has 30 heavy (non-hydrogen) atoms. The minimum Gasteiger partial charge on any atom is -0.372 e. The van der Waals surface area contributed by atoms with E-state index < -0.39 is 5.60 Å². The number of aromatic amines is 1. The van der Waals surface area contributed by atoms with Crippen LogP contribution in [0.4, 0.5) is 0 Å². The van der Waals surface area contributed by atoms with E-state index >= 15 is 0 Å². The molecule has 0 atom stereocenters. The van der Waals surface area contributed by atoms with Crippen molar-refractivity contribution >= 4 is 11.8 Å². The van der Waals surface area contributed by atoms with Crippen LogP contribution in [0.3, 0.4) is 0 Å². The molecule has 1 aromatic heterocycles. The number of nitrogens with zero attached hydrogens (tertiary/aromatic N) is 3. The predicted octanol–water partition coefficient (Wildman–Crippen LogP) is 2.38. The molecule has 7 heteroatoms. The molecule has 0 saturated carbocycles. The summed E-state index contributed by atoms with van der Waals surface area (Å²) in [6.07, 6.45) is 3.77. The van der Waals surface area contributed by atoms with Crippen LogP contribution >= 0.6 is 0 Å². The molecular formula is C23H30N4O3. The van der Waals surface area contributed by atoms with Crippen LogP contribution in [0.5, 0.6) is 0 Å². The SMILES string of the molecule is Cc1ccc(CN2CCOC3(CCN(C(=O)Cc4ccn[nH]4)CC3)CC2=O)cc1C. The third-order valence-corrected chi connectivity index (χ3v) is 6.47. The summed E-state index contributed by atoms with van der Waals surface area (Å²) in [5, 5.41) is 6.73. The van der Waals surface area contributed by atoms with Crippen molar-refractivity contribution in [2.45, 2.75) is 51.7 Å². The van der Waals surface area contributed by atoms with Gasteiger partial charge in [0, 0.05) is 38.1 Å². The zero-order valence-corrected chi connectivity index (χ0v) is 17.8. The van der Waals surface area contributed by atoms with Crippen LogP contribution in [0.25, 0.3) is 0 Å². The van der Waals surface area contributed by atoms with E-state index in [2.05, 4.69) is 42.2 Å². The first-order chi connectivity index (χ1) is 14.4. The largest absolute Gasteiger partial charge is 0.372 e. The molecule has 4 rings (SSSR count). The number of nitrogens with one attached hydrogen (secondary N) is 1. The number of hydrogen-bond donors (Lipinski definition) is 1. The maximum atomic E-state index is 13.0. The summed E-state index contributed by atoms with van der Waals surface area (Å²) in [7, 11) is 0. The third kappa shape index (κ3) is 4.56. The maximum absolute atomic E-state index is 13.0. The summed E-state index contributed by atoms with van der Waals surface area (Å²) >= 11 is 0. The van der Waals surface area contributed by atoms with Crippen LogP contribution in [-0.2, 0) is 27.3 Å². The minimum absolute atomic E-state index is 0.0883. The predicted molar refractivity (Wildman–Crippen MR) is 113 cm³/mol. The number of carbonyl (C=O) groups excluding carboxylic acids is 2. The van der Waals surface area contributed by atoms with E-state index in [4.69, 9.17) is 4.74 Å². The number of aryl methyl sites for hydroxylation is 2. The Morgan fingerprint density at radius 1 is 1.17 bits per heavy atom. The Hall–Kier alpha value is -2.67. The number of piperidine rings is 1. The van der Waals surface area contributed by atoms with E-state index in [9.17, 15) is 9.59 Å². The highest BCUT2D eigenvalue weighted by atomic mass is 16.5. The zero-order valence-electron chi connectivity index (χ0n) is 17.8. The number of amides is 2. The first-order valence-electron chi connectivity index (χ1n) is 10.7. The smallest absolute Gasteiger partial charge is 0.228 e. The third-order valence-electron chi connectivity index (χ3n) is 6.47. The number of benzene rings is 1. The Balaban J connectivity index is 1.34. The minimum atomic E-state index is -0.445. The summed E-state index contributed by atoms with van der Waals surface area (Å²) in [4.78, 5) is 29.3. The monoisotopic (exact) mass is 410 g/mol. The lowest BCUT2D eigenvalue weighted by Crippen LogP contribution is -2.49. The van der Waals surface area contributed by atoms with Crippen molar-refractivity contribution in [3.05, 3.63) is 52.8 Å². The van der Waals surface area contributed by atoms with Gasteiger partial charge in [0.15, 0.2) is 0 Å². The van der Waals surface area contributed by atoms with Gasteiger partial charge >= 0.3 is 0 Å². The molecular weight excluding hydrogens is 380 g/mol. The topological polar surface area (TPSA) is 78.5 Å². The molecule has 0 unspecified atom stereocenters. The molecule has 160 valence electrons. The average molecular weight is 411 g/mol. The van der Waals surface area contributed by atoms with Crippen LogP contribution < -0.4 is 0 Å². The number of H-pyrrole nitrogens is 1. The van der Waals surface area contributed by atoms with Crippen molar-refractivity contribution in [1.82, 2.24) is 20.0 Å². The fourth-order valence-electron chi connectivity index (χ4n) is 4.37. The fraction of sp³-hybridized carbons (Fsp3) is 0.522. The lowest BCUT2D eigenvalue weighted by molar-refractivity contribution is -0.141. The molecule has 1 N–H and O–H groups in total. The van der Waals surface area contributed by atoms with Gasteiger partial charge in [-0.2, -0.15) is 5.10 Å². The fourth-order valence-corrected chi connectivity index (χ4v) is 4.37. The number of hydrogen-bond acceptors (Lipinski definition) is 4. The molecule has 2 fully saturated rings. The van der Waals surface area contributed by atoms with Gasteiger partial charge in [-0.3, -0.25) is 14.7 Å². The van der Waals surface area contributed by atoms with Crippen molar-refractivity contribution in [1.29, 1.82) is 0 Å². The maximum Gasteiger partial charge on any atom is 0.228 e. The first kappa shape index (κ1) is 20.6. The van der Waals surface area contributed by atoms with Crippen molar-refractivity contribution in [2.75, 3.05) is 26.2 Å². The van der Waals surface area contributed by atoms with Gasteiger partial charge in [0.2, 0.25) is 11.8 Å². The summed E-state index contributed by atoms with van der Waals surface area (Å²) in [5.41, 5.74) is 4.04. The number of ether oxygens (including phenoxy) is 1. The van der Waals surface area contributed by atoms with E-state index in [1.165, 1.54) is 11.1 Å². The summed E-state index contributed by atoms with van der Waals surface area (Å²) < 4.78 is 6.23. The Morgan fingerprint density at radius 2 is 1.97 bits per heavy atom. The number of rotatable bonds is 4. The van der Waals surface area contributed by atoms with Gasteiger partial charge in [0.1, 0.15) is 0 Å². The zero-order chi connectivity index (χ0) is 21.1. The Bertz CT molecular complexity index is 901. The molecule has 2 aliphatic heterocycles. The Morgan fingerprint density at radius 3 is 2.67 bits per heavy atom. The number of likely N-dealkylation sites (tertiary alicyclic amines) is 1. The van der Waals surface area contributed by atoms with Gasteiger partial charge < -0.3 is 14.5 Å². The van der Waals surface area contributed by atoms with Gasteiger partial charge in [-0.1, -0.05) is 18.2 Å². The molecule has 2 aromatic rings. The molecule has 0 bridgehead atoms. The standard InChI is InChI=1S/C23H30N4O3/c1-17-3-4-19(13-18(17)2)16-27-11-12-30-23(15-22(27)29)6-9-26(10-7-23)21(28)14-20-5-8-24-25-20/h3-5,8,13H,6-7,9-12,14-16H2,1-2H3,(H,24,25). The Labute approximate surface area is 177 Å². The molecule has 7 nitrogen and oxygen atoms in total. The number of carbonyl (C=O) groups is 2. The summed E-state index contributed by atoms with van der Waals surface area (Å²) in [6.45, 7) is 7.21. The lowest BCUT2D eigenvalue weighted by atomic mass is 9.87. The first-order valence-corrected chi connectivity index (χ1v) is 10.7. The molecule has 0 aliphatic carbocycles. The highest BCUT2D eigenvalue weighted by Crippen LogP contribution is 2.33. The molecule has 0 radical (unpaired) electrons. The van der Waals surface area contributed by atoms with Gasteiger partial charge in [0.25, 0.3) is 0 Å². The van der Waals surface area contributed by atoms with Crippen molar-refractivity contribution in [3.8, 4) is 0 Å². The second-order valence-electron chi connectivity index (χ2n) is 8.58. The molecule has 2 saturated heterocycles. The van der Waals surface area contributed by atoms with Crippen LogP contribution in [0, 0.1) is 13.8 Å². The van der Waals surface area contributed by atoms with Gasteiger partial charge in [-0.25, -0.2) is 0 Å². The van der Waals surface area contributed by atoms with E-state index in [-0.39, 0.29) is 11.8 Å². The normalized spacial score (nSPS) is 19.2. The lowest BCUT2D eigenvalue weighted by Gasteiger charge is -2.40. The molecule has 2 amide bonds. The molecule has 1 spiro atoms. The van der Waals surface area contributed by atoms with Crippen molar-refractivity contribution in [3.63, 3.8) is 0 Å². The van der Waals surface area contributed by atoms with E-state index in [0.717, 1.165) is 11.3 Å². The molecule has 3 heterocycles.